The van der Waals surface area contributed by atoms with Crippen molar-refractivity contribution in [3.63, 3.8) is 0 Å². The molecule has 1 aliphatic rings. The smallest absolute Gasteiger partial charge is 0.310 e. The highest BCUT2D eigenvalue weighted by atomic mass is 16.5. The van der Waals surface area contributed by atoms with Crippen LogP contribution < -0.4 is 0 Å². The number of esters is 3. The van der Waals surface area contributed by atoms with Crippen LogP contribution in [0.2, 0.25) is 0 Å². The highest BCUT2D eigenvalue weighted by Gasteiger charge is 2.65. The molecular weight excluding hydrogens is 260 g/mol. The van der Waals surface area contributed by atoms with Crippen LogP contribution in [0.15, 0.2) is 0 Å². The number of carboxylic acid groups (broad SMARTS) is 1. The molecule has 0 heterocycles. The summed E-state index contributed by atoms with van der Waals surface area (Å²) < 4.78 is 13.4. The minimum absolute atomic E-state index is 0.844. The van der Waals surface area contributed by atoms with Crippen molar-refractivity contribution in [3.8, 4) is 0 Å². The molecule has 0 radical (unpaired) electrons. The number of hydrogen-bond donors (Lipinski definition) is 1. The molecule has 1 rings (SSSR count). The van der Waals surface area contributed by atoms with Crippen LogP contribution in [-0.4, -0.2) is 50.3 Å². The van der Waals surface area contributed by atoms with Gasteiger partial charge in [0.15, 0.2) is 0 Å². The second kappa shape index (κ2) is 5.68. The summed E-state index contributed by atoms with van der Waals surface area (Å²) in [5.74, 6) is -9.02. The summed E-state index contributed by atoms with van der Waals surface area (Å²) in [6.07, 6.45) is 0. The largest absolute Gasteiger partial charge is 0.481 e. The van der Waals surface area contributed by atoms with Gasteiger partial charge < -0.3 is 19.3 Å². The number of ether oxygens (including phenoxy) is 3. The van der Waals surface area contributed by atoms with Gasteiger partial charge in [0, 0.05) is 0 Å². The number of carboxylic acids is 1. The van der Waals surface area contributed by atoms with Crippen molar-refractivity contribution in [1.29, 1.82) is 0 Å². The lowest BCUT2D eigenvalue weighted by atomic mass is 9.56. The molecule has 0 spiro atoms. The Morgan fingerprint density at radius 3 is 1.16 bits per heavy atom. The molecule has 0 bridgehead atoms. The van der Waals surface area contributed by atoms with Crippen molar-refractivity contribution in [2.45, 2.75) is 0 Å². The summed E-state index contributed by atoms with van der Waals surface area (Å²) in [5, 5.41) is 9.07. The predicted octanol–water partition coefficient (Wildman–Crippen LogP) is -0.932. The zero-order valence-electron chi connectivity index (χ0n) is 10.6. The molecule has 0 aromatic carbocycles. The van der Waals surface area contributed by atoms with Gasteiger partial charge in [-0.3, -0.25) is 19.2 Å². The normalized spacial score (nSPS) is 28.8. The van der Waals surface area contributed by atoms with Gasteiger partial charge in [0.2, 0.25) is 0 Å². The molecule has 8 nitrogen and oxygen atoms in total. The van der Waals surface area contributed by atoms with Gasteiger partial charge in [0.1, 0.15) is 0 Å². The second-order valence-electron chi connectivity index (χ2n) is 4.01. The Morgan fingerprint density at radius 2 is 0.947 bits per heavy atom. The molecule has 1 N–H and O–H groups in total. The molecule has 19 heavy (non-hydrogen) atoms. The molecular formula is C11H14O8. The summed E-state index contributed by atoms with van der Waals surface area (Å²) >= 11 is 0. The topological polar surface area (TPSA) is 116 Å². The number of carbonyl (C=O) groups is 4. The van der Waals surface area contributed by atoms with Gasteiger partial charge in [-0.15, -0.1) is 0 Å². The van der Waals surface area contributed by atoms with Crippen LogP contribution in [0.5, 0.6) is 0 Å². The minimum atomic E-state index is -1.37. The lowest BCUT2D eigenvalue weighted by Gasteiger charge is -2.44. The number of carbonyl (C=O) groups excluding carboxylic acids is 3. The first kappa shape index (κ1) is 14.9. The average Bonchev–Trinajstić information content (AvgIpc) is 2.36. The van der Waals surface area contributed by atoms with Crippen LogP contribution in [0.3, 0.4) is 0 Å². The van der Waals surface area contributed by atoms with E-state index in [0.717, 1.165) is 21.3 Å². The van der Waals surface area contributed by atoms with Crippen molar-refractivity contribution in [3.05, 3.63) is 0 Å². The summed E-state index contributed by atoms with van der Waals surface area (Å²) in [6, 6.07) is 0. The summed E-state index contributed by atoms with van der Waals surface area (Å²) in [6.45, 7) is 0. The lowest BCUT2D eigenvalue weighted by Crippen LogP contribution is -2.60. The van der Waals surface area contributed by atoms with E-state index in [-0.39, 0.29) is 0 Å². The van der Waals surface area contributed by atoms with Crippen LogP contribution in [0.25, 0.3) is 0 Å². The third kappa shape index (κ3) is 2.38. The van der Waals surface area contributed by atoms with Crippen LogP contribution >= 0.6 is 0 Å². The first-order valence-corrected chi connectivity index (χ1v) is 5.37. The molecule has 1 saturated carbocycles. The van der Waals surface area contributed by atoms with Crippen molar-refractivity contribution in [2.75, 3.05) is 21.3 Å². The molecule has 2 unspecified atom stereocenters. The van der Waals surface area contributed by atoms with Gasteiger partial charge >= 0.3 is 23.9 Å². The highest BCUT2D eigenvalue weighted by Crippen LogP contribution is 2.48. The molecule has 8 heteroatoms. The van der Waals surface area contributed by atoms with Gasteiger partial charge in [-0.05, 0) is 0 Å². The SMILES string of the molecule is COC(=O)C1C(C(=O)O)C(C(=O)OC)C1C(=O)OC. The monoisotopic (exact) mass is 274 g/mol. The van der Waals surface area contributed by atoms with Gasteiger partial charge in [0.05, 0.1) is 45.0 Å². The van der Waals surface area contributed by atoms with Crippen molar-refractivity contribution >= 4 is 23.9 Å². The molecule has 1 fully saturated rings. The average molecular weight is 274 g/mol. The zero-order chi connectivity index (χ0) is 14.7. The fourth-order valence-corrected chi connectivity index (χ4v) is 2.34. The third-order valence-electron chi connectivity index (χ3n) is 3.25. The lowest BCUT2D eigenvalue weighted by molar-refractivity contribution is -0.195. The second-order valence-corrected chi connectivity index (χ2v) is 4.01. The Hall–Kier alpha value is -2.12. The quantitative estimate of drug-likeness (QED) is 0.516. The Kier molecular flexibility index (Phi) is 4.47. The molecule has 1 aliphatic carbocycles. The van der Waals surface area contributed by atoms with E-state index in [0.29, 0.717) is 0 Å². The molecule has 2 atom stereocenters. The van der Waals surface area contributed by atoms with E-state index >= 15 is 0 Å². The number of rotatable bonds is 4. The van der Waals surface area contributed by atoms with Crippen LogP contribution in [0, 0.1) is 23.7 Å². The number of aliphatic carboxylic acids is 1. The fourth-order valence-electron chi connectivity index (χ4n) is 2.34. The molecule has 0 amide bonds. The van der Waals surface area contributed by atoms with Crippen molar-refractivity contribution < 1.29 is 38.5 Å². The van der Waals surface area contributed by atoms with E-state index in [4.69, 9.17) is 5.11 Å². The van der Waals surface area contributed by atoms with E-state index in [1.807, 2.05) is 0 Å². The van der Waals surface area contributed by atoms with E-state index < -0.39 is 47.5 Å². The number of methoxy groups -OCH3 is 3. The van der Waals surface area contributed by atoms with Gasteiger partial charge in [-0.2, -0.15) is 0 Å². The maximum Gasteiger partial charge on any atom is 0.310 e. The first-order valence-electron chi connectivity index (χ1n) is 5.37. The standard InChI is InChI=1S/C11H14O8/c1-17-9(14)5-4(8(12)13)6(10(15)18-2)7(5)11(16)19-3/h4-7H,1-3H3,(H,12,13). The molecule has 0 saturated heterocycles. The molecule has 0 aromatic heterocycles. The Bertz CT molecular complexity index is 391. The Balaban J connectivity index is 3.13. The van der Waals surface area contributed by atoms with E-state index in [2.05, 4.69) is 14.2 Å². The van der Waals surface area contributed by atoms with Gasteiger partial charge in [0.25, 0.3) is 0 Å². The fraction of sp³-hybridized carbons (Fsp3) is 0.636. The van der Waals surface area contributed by atoms with Gasteiger partial charge in [-0.25, -0.2) is 0 Å². The third-order valence-corrected chi connectivity index (χ3v) is 3.25. The Labute approximate surface area is 108 Å². The van der Waals surface area contributed by atoms with Crippen LogP contribution in [0.4, 0.5) is 0 Å². The predicted molar refractivity (Wildman–Crippen MR) is 57.6 cm³/mol. The van der Waals surface area contributed by atoms with Crippen molar-refractivity contribution in [2.24, 2.45) is 23.7 Å². The number of hydrogen-bond acceptors (Lipinski definition) is 7. The van der Waals surface area contributed by atoms with Crippen molar-refractivity contribution in [1.82, 2.24) is 0 Å². The molecule has 106 valence electrons. The first-order chi connectivity index (χ1) is 8.90. The van der Waals surface area contributed by atoms with Gasteiger partial charge in [-0.1, -0.05) is 0 Å². The zero-order valence-corrected chi connectivity index (χ0v) is 10.6. The highest BCUT2D eigenvalue weighted by molar-refractivity contribution is 5.97. The Morgan fingerprint density at radius 1 is 0.684 bits per heavy atom. The summed E-state index contributed by atoms with van der Waals surface area (Å²) in [5.41, 5.74) is 0. The van der Waals surface area contributed by atoms with E-state index in [9.17, 15) is 19.2 Å². The minimum Gasteiger partial charge on any atom is -0.481 e. The maximum absolute atomic E-state index is 11.6. The van der Waals surface area contributed by atoms with Crippen LogP contribution in [0.1, 0.15) is 0 Å². The summed E-state index contributed by atoms with van der Waals surface area (Å²) in [4.78, 5) is 45.8. The maximum atomic E-state index is 11.6. The van der Waals surface area contributed by atoms with E-state index in [1.165, 1.54) is 0 Å². The molecule has 0 aliphatic heterocycles. The summed E-state index contributed by atoms with van der Waals surface area (Å²) in [7, 11) is 3.22. The van der Waals surface area contributed by atoms with E-state index in [1.54, 1.807) is 0 Å². The molecule has 0 aromatic rings. The van der Waals surface area contributed by atoms with Crippen LogP contribution in [-0.2, 0) is 33.4 Å².